The molecule has 1 heterocycles. The predicted octanol–water partition coefficient (Wildman–Crippen LogP) is 4.38. The second-order valence-electron chi connectivity index (χ2n) is 6.74. The Bertz CT molecular complexity index is 1010. The molecule has 30 heavy (non-hydrogen) atoms. The van der Waals surface area contributed by atoms with Gasteiger partial charge in [0.2, 0.25) is 5.91 Å². The highest BCUT2D eigenvalue weighted by Gasteiger charge is 2.13. The molecule has 6 nitrogen and oxygen atoms in total. The largest absolute Gasteiger partial charge is 0.326 e. The van der Waals surface area contributed by atoms with Crippen LogP contribution in [0, 0.1) is 0 Å². The molecule has 0 spiro atoms. The van der Waals surface area contributed by atoms with Crippen LogP contribution in [0.4, 0.5) is 5.69 Å². The summed E-state index contributed by atoms with van der Waals surface area (Å²) < 4.78 is 2.03. The molecule has 0 fully saturated rings. The van der Waals surface area contributed by atoms with Crippen molar-refractivity contribution in [3.63, 3.8) is 0 Å². The fourth-order valence-electron chi connectivity index (χ4n) is 2.89. The molecule has 1 aromatic heterocycles. The van der Waals surface area contributed by atoms with Crippen LogP contribution in [0.1, 0.15) is 35.1 Å². The van der Waals surface area contributed by atoms with Crippen molar-refractivity contribution < 1.29 is 9.59 Å². The van der Waals surface area contributed by atoms with E-state index >= 15 is 0 Å². The summed E-state index contributed by atoms with van der Waals surface area (Å²) in [6, 6.07) is 17.0. The molecule has 3 rings (SSSR count). The van der Waals surface area contributed by atoms with E-state index in [0.29, 0.717) is 36.4 Å². The molecule has 0 atom stereocenters. The topological polar surface area (TPSA) is 76.9 Å². The molecular formula is C23H24N4O2S. The van der Waals surface area contributed by atoms with Gasteiger partial charge in [-0.3, -0.25) is 9.59 Å². The Morgan fingerprint density at radius 1 is 1.10 bits per heavy atom. The van der Waals surface area contributed by atoms with Gasteiger partial charge in [0.05, 0.1) is 0 Å². The van der Waals surface area contributed by atoms with Gasteiger partial charge in [-0.1, -0.05) is 48.2 Å². The first-order valence-electron chi connectivity index (χ1n) is 9.67. The van der Waals surface area contributed by atoms with E-state index in [1.54, 1.807) is 24.3 Å². The summed E-state index contributed by atoms with van der Waals surface area (Å²) in [6.45, 7) is 5.96. The van der Waals surface area contributed by atoms with Crippen molar-refractivity contribution in [3.05, 3.63) is 84.2 Å². The van der Waals surface area contributed by atoms with E-state index in [0.717, 1.165) is 11.0 Å². The fraction of sp³-hybridized carbons (Fsp3) is 0.217. The summed E-state index contributed by atoms with van der Waals surface area (Å²) >= 11 is 1.50. The summed E-state index contributed by atoms with van der Waals surface area (Å²) in [4.78, 5) is 23.6. The van der Waals surface area contributed by atoms with Crippen LogP contribution in [0.25, 0.3) is 0 Å². The van der Waals surface area contributed by atoms with Crippen LogP contribution in [-0.2, 0) is 17.8 Å². The first kappa shape index (κ1) is 21.5. The third kappa shape index (κ3) is 5.90. The van der Waals surface area contributed by atoms with Crippen molar-refractivity contribution >= 4 is 29.1 Å². The minimum atomic E-state index is -0.0858. The van der Waals surface area contributed by atoms with Gasteiger partial charge < -0.3 is 9.88 Å². The van der Waals surface area contributed by atoms with Gasteiger partial charge in [-0.05, 0) is 36.8 Å². The number of nitrogens with one attached hydrogen (secondary N) is 1. The third-order valence-electron chi connectivity index (χ3n) is 4.45. The number of allylic oxidation sites excluding steroid dienone is 1. The highest BCUT2D eigenvalue weighted by molar-refractivity contribution is 7.99. The number of amides is 1. The number of carbonyl (C=O) groups is 2. The highest BCUT2D eigenvalue weighted by Crippen LogP contribution is 2.20. The maximum Gasteiger partial charge on any atom is 0.225 e. The van der Waals surface area contributed by atoms with Crippen LogP contribution in [0.5, 0.6) is 0 Å². The molecule has 7 heteroatoms. The van der Waals surface area contributed by atoms with Crippen LogP contribution in [0.3, 0.4) is 0 Å². The van der Waals surface area contributed by atoms with E-state index in [9.17, 15) is 9.59 Å². The van der Waals surface area contributed by atoms with Gasteiger partial charge in [-0.25, -0.2) is 0 Å². The van der Waals surface area contributed by atoms with Crippen molar-refractivity contribution in [2.24, 2.45) is 0 Å². The van der Waals surface area contributed by atoms with Gasteiger partial charge in [-0.2, -0.15) is 0 Å². The molecular weight excluding hydrogens is 396 g/mol. The zero-order chi connectivity index (χ0) is 21.3. The van der Waals surface area contributed by atoms with E-state index in [4.69, 9.17) is 0 Å². The van der Waals surface area contributed by atoms with Crippen molar-refractivity contribution in [3.8, 4) is 0 Å². The Morgan fingerprint density at radius 3 is 2.50 bits per heavy atom. The number of nitrogens with zero attached hydrogens (tertiary/aromatic N) is 3. The van der Waals surface area contributed by atoms with Crippen molar-refractivity contribution in [2.45, 2.75) is 31.5 Å². The molecule has 2 aromatic carbocycles. The number of Topliss-reactive ketones (excluding diaryl/α,β-unsaturated/α-hetero) is 1. The standard InChI is InChI=1S/C23H24N4O2S/c1-3-14-27-21(16-18-7-5-4-6-8-18)25-26-23(27)30-15-13-22(29)24-20-11-9-19(10-12-20)17(2)28/h3-12H,1,13-16H2,2H3,(H,24,29). The number of hydrogen-bond donors (Lipinski definition) is 1. The average molecular weight is 421 g/mol. The van der Waals surface area contributed by atoms with E-state index < -0.39 is 0 Å². The van der Waals surface area contributed by atoms with Crippen LogP contribution < -0.4 is 5.32 Å². The number of ketones is 1. The van der Waals surface area contributed by atoms with E-state index in [2.05, 4.69) is 34.2 Å². The minimum absolute atomic E-state index is 0.000421. The number of hydrogen-bond acceptors (Lipinski definition) is 5. The van der Waals surface area contributed by atoms with E-state index in [-0.39, 0.29) is 11.7 Å². The zero-order valence-corrected chi connectivity index (χ0v) is 17.7. The fourth-order valence-corrected chi connectivity index (χ4v) is 3.80. The van der Waals surface area contributed by atoms with Gasteiger partial charge in [0.15, 0.2) is 10.9 Å². The number of aromatic nitrogens is 3. The Kier molecular flexibility index (Phi) is 7.57. The summed E-state index contributed by atoms with van der Waals surface area (Å²) in [5, 5.41) is 12.3. The first-order valence-corrected chi connectivity index (χ1v) is 10.7. The Hall–Kier alpha value is -3.19. The number of anilines is 1. The highest BCUT2D eigenvalue weighted by atomic mass is 32.2. The molecule has 3 aromatic rings. The predicted molar refractivity (Wildman–Crippen MR) is 120 cm³/mol. The second-order valence-corrected chi connectivity index (χ2v) is 7.80. The normalized spacial score (nSPS) is 10.6. The minimum Gasteiger partial charge on any atom is -0.326 e. The molecule has 0 aliphatic heterocycles. The Balaban J connectivity index is 1.55. The number of thioether (sulfide) groups is 1. The number of benzene rings is 2. The molecule has 1 N–H and O–H groups in total. The van der Waals surface area contributed by atoms with Gasteiger partial charge in [-0.15, -0.1) is 16.8 Å². The van der Waals surface area contributed by atoms with E-state index in [1.807, 2.05) is 28.8 Å². The summed E-state index contributed by atoms with van der Waals surface area (Å²) in [5.41, 5.74) is 2.47. The van der Waals surface area contributed by atoms with Gasteiger partial charge in [0.1, 0.15) is 5.82 Å². The average Bonchev–Trinajstić information content (AvgIpc) is 3.11. The lowest BCUT2D eigenvalue weighted by Crippen LogP contribution is -2.12. The number of rotatable bonds is 10. The van der Waals surface area contributed by atoms with Gasteiger partial charge in [0, 0.05) is 36.4 Å². The molecule has 154 valence electrons. The Morgan fingerprint density at radius 2 is 1.83 bits per heavy atom. The molecule has 0 saturated carbocycles. The SMILES string of the molecule is C=CCn1c(Cc2ccccc2)nnc1SCCC(=O)Nc1ccc(C(C)=O)cc1. The quantitative estimate of drug-likeness (QED) is 0.299. The summed E-state index contributed by atoms with van der Waals surface area (Å²) in [6.07, 6.45) is 2.85. The maximum absolute atomic E-state index is 12.2. The molecule has 0 unspecified atom stereocenters. The van der Waals surface area contributed by atoms with Gasteiger partial charge in [0.25, 0.3) is 0 Å². The molecule has 0 bridgehead atoms. The molecule has 1 amide bonds. The van der Waals surface area contributed by atoms with Crippen LogP contribution in [0.2, 0.25) is 0 Å². The van der Waals surface area contributed by atoms with Crippen LogP contribution >= 0.6 is 11.8 Å². The van der Waals surface area contributed by atoms with Gasteiger partial charge >= 0.3 is 0 Å². The molecule has 0 radical (unpaired) electrons. The van der Waals surface area contributed by atoms with Crippen LogP contribution in [-0.4, -0.2) is 32.2 Å². The van der Waals surface area contributed by atoms with Crippen molar-refractivity contribution in [1.29, 1.82) is 0 Å². The summed E-state index contributed by atoms with van der Waals surface area (Å²) in [5.74, 6) is 1.37. The lowest BCUT2D eigenvalue weighted by atomic mass is 10.1. The van der Waals surface area contributed by atoms with E-state index in [1.165, 1.54) is 24.2 Å². The van der Waals surface area contributed by atoms with Crippen molar-refractivity contribution in [2.75, 3.05) is 11.1 Å². The van der Waals surface area contributed by atoms with Crippen LogP contribution in [0.15, 0.2) is 72.4 Å². The monoisotopic (exact) mass is 420 g/mol. The smallest absolute Gasteiger partial charge is 0.225 e. The lowest BCUT2D eigenvalue weighted by Gasteiger charge is -2.08. The van der Waals surface area contributed by atoms with Crippen molar-refractivity contribution in [1.82, 2.24) is 14.8 Å². The third-order valence-corrected chi connectivity index (χ3v) is 5.41. The Labute approximate surface area is 180 Å². The number of carbonyl (C=O) groups excluding carboxylic acids is 2. The maximum atomic E-state index is 12.2. The summed E-state index contributed by atoms with van der Waals surface area (Å²) in [7, 11) is 0. The first-order chi connectivity index (χ1) is 14.6. The molecule has 0 saturated heterocycles. The second kappa shape index (κ2) is 10.5. The molecule has 0 aliphatic rings. The lowest BCUT2D eigenvalue weighted by molar-refractivity contribution is -0.115. The zero-order valence-electron chi connectivity index (χ0n) is 16.9. The molecule has 0 aliphatic carbocycles.